The van der Waals surface area contributed by atoms with Crippen molar-refractivity contribution in [1.82, 2.24) is 16.0 Å². The van der Waals surface area contributed by atoms with E-state index in [-0.39, 0.29) is 31.3 Å². The molecule has 0 aromatic rings. The van der Waals surface area contributed by atoms with Crippen molar-refractivity contribution < 1.29 is 29.4 Å². The van der Waals surface area contributed by atoms with Gasteiger partial charge in [0, 0.05) is 6.54 Å². The zero-order chi connectivity index (χ0) is 25.0. The standard InChI is InChI=1S/C19H37N7O6/c1-5-9(2)13(25-15(28)10(3)20)16(29)26-14(11(4)27)17(30)24-12(18(31)32)7-6-8-23-19(21)22/h9-14,27H,5-8,20H2,1-4H3,(H,24,30)(H,25,28)(H,26,29)(H,31,32)(H4,21,22,23). The number of aliphatic hydroxyl groups excluding tert-OH is 1. The van der Waals surface area contributed by atoms with Crippen LogP contribution < -0.4 is 33.2 Å². The molecule has 6 atom stereocenters. The van der Waals surface area contributed by atoms with Gasteiger partial charge in [-0.25, -0.2) is 4.79 Å². The second-order valence-corrected chi connectivity index (χ2v) is 7.74. The van der Waals surface area contributed by atoms with Crippen LogP contribution in [-0.4, -0.2) is 76.7 Å². The fourth-order valence-corrected chi connectivity index (χ4v) is 2.66. The van der Waals surface area contributed by atoms with E-state index in [9.17, 15) is 29.4 Å². The Morgan fingerprint density at radius 2 is 1.47 bits per heavy atom. The number of rotatable bonds is 14. The normalized spacial score (nSPS) is 16.4. The number of carboxylic acid groups (broad SMARTS) is 1. The van der Waals surface area contributed by atoms with Crippen LogP contribution in [0.1, 0.15) is 47.0 Å². The van der Waals surface area contributed by atoms with Gasteiger partial charge in [-0.1, -0.05) is 20.3 Å². The van der Waals surface area contributed by atoms with E-state index >= 15 is 0 Å². The summed E-state index contributed by atoms with van der Waals surface area (Å²) in [4.78, 5) is 52.7. The molecule has 13 heteroatoms. The number of aliphatic hydroxyl groups is 1. The summed E-state index contributed by atoms with van der Waals surface area (Å²) in [6.07, 6.45) is -0.491. The summed E-state index contributed by atoms with van der Waals surface area (Å²) in [5.41, 5.74) is 16.0. The average molecular weight is 460 g/mol. The summed E-state index contributed by atoms with van der Waals surface area (Å²) in [5.74, 6) is -3.85. The van der Waals surface area contributed by atoms with Gasteiger partial charge in [-0.2, -0.15) is 0 Å². The van der Waals surface area contributed by atoms with E-state index in [1.165, 1.54) is 13.8 Å². The highest BCUT2D eigenvalue weighted by Gasteiger charge is 2.33. The van der Waals surface area contributed by atoms with Crippen LogP contribution in [0.5, 0.6) is 0 Å². The molecule has 0 aromatic heterocycles. The Morgan fingerprint density at radius 3 is 1.91 bits per heavy atom. The summed E-state index contributed by atoms with van der Waals surface area (Å²) in [6, 6.07) is -4.57. The Balaban J connectivity index is 5.33. The smallest absolute Gasteiger partial charge is 0.326 e. The number of hydrogen-bond donors (Lipinski definition) is 8. The van der Waals surface area contributed by atoms with Crippen molar-refractivity contribution in [2.45, 2.75) is 77.2 Å². The van der Waals surface area contributed by atoms with Gasteiger partial charge >= 0.3 is 5.97 Å². The fraction of sp³-hybridized carbons (Fsp3) is 0.737. The van der Waals surface area contributed by atoms with E-state index in [2.05, 4.69) is 20.9 Å². The SMILES string of the molecule is CCC(C)C(NC(=O)C(C)N)C(=O)NC(C(=O)NC(CCCN=C(N)N)C(=O)O)C(C)O. The minimum absolute atomic E-state index is 0.0261. The quantitative estimate of drug-likeness (QED) is 0.0768. The molecule has 0 saturated carbocycles. The van der Waals surface area contributed by atoms with E-state index in [0.29, 0.717) is 6.42 Å². The Bertz CT molecular complexity index is 679. The molecule has 13 nitrogen and oxygen atoms in total. The molecule has 0 aromatic carbocycles. The second kappa shape index (κ2) is 14.2. The third-order valence-corrected chi connectivity index (χ3v) is 4.83. The van der Waals surface area contributed by atoms with Crippen molar-refractivity contribution in [3.63, 3.8) is 0 Å². The minimum Gasteiger partial charge on any atom is -0.480 e. The molecular weight excluding hydrogens is 422 g/mol. The number of amides is 3. The van der Waals surface area contributed by atoms with Crippen molar-refractivity contribution in [1.29, 1.82) is 0 Å². The third kappa shape index (κ3) is 10.4. The van der Waals surface area contributed by atoms with Gasteiger partial charge in [0.05, 0.1) is 12.1 Å². The molecule has 184 valence electrons. The molecule has 3 amide bonds. The molecule has 0 rings (SSSR count). The van der Waals surface area contributed by atoms with Gasteiger partial charge in [0.2, 0.25) is 17.7 Å². The topological polar surface area (TPSA) is 235 Å². The Hall–Kier alpha value is -2.93. The van der Waals surface area contributed by atoms with Crippen LogP contribution in [0.3, 0.4) is 0 Å². The third-order valence-electron chi connectivity index (χ3n) is 4.83. The van der Waals surface area contributed by atoms with E-state index in [1.54, 1.807) is 6.92 Å². The summed E-state index contributed by atoms with van der Waals surface area (Å²) in [5, 5.41) is 26.6. The van der Waals surface area contributed by atoms with E-state index < -0.39 is 54.0 Å². The molecule has 0 spiro atoms. The van der Waals surface area contributed by atoms with E-state index in [0.717, 1.165) is 0 Å². The van der Waals surface area contributed by atoms with Crippen molar-refractivity contribution in [3.05, 3.63) is 0 Å². The number of aliphatic carboxylic acids is 1. The molecule has 0 aliphatic rings. The second-order valence-electron chi connectivity index (χ2n) is 7.74. The van der Waals surface area contributed by atoms with Gasteiger partial charge < -0.3 is 43.4 Å². The Morgan fingerprint density at radius 1 is 0.938 bits per heavy atom. The molecular formula is C19H37N7O6. The molecule has 0 aliphatic carbocycles. The first-order valence-corrected chi connectivity index (χ1v) is 10.4. The zero-order valence-electron chi connectivity index (χ0n) is 19.0. The van der Waals surface area contributed by atoms with Crippen LogP contribution in [0.15, 0.2) is 4.99 Å². The lowest BCUT2D eigenvalue weighted by atomic mass is 9.97. The minimum atomic E-state index is -1.44. The number of carbonyl (C=O) groups excluding carboxylic acids is 3. The maximum atomic E-state index is 12.8. The van der Waals surface area contributed by atoms with Crippen molar-refractivity contribution in [2.75, 3.05) is 6.54 Å². The number of nitrogens with zero attached hydrogens (tertiary/aromatic N) is 1. The van der Waals surface area contributed by atoms with Crippen molar-refractivity contribution >= 4 is 29.7 Å². The summed E-state index contributed by atoms with van der Waals surface area (Å²) in [7, 11) is 0. The monoisotopic (exact) mass is 459 g/mol. The predicted octanol–water partition coefficient (Wildman–Crippen LogP) is -2.65. The number of carboxylic acids is 1. The number of hydrogen-bond acceptors (Lipinski definition) is 7. The molecule has 11 N–H and O–H groups in total. The Kier molecular flexibility index (Phi) is 12.9. The number of nitrogens with one attached hydrogen (secondary N) is 3. The van der Waals surface area contributed by atoms with Crippen LogP contribution in [0, 0.1) is 5.92 Å². The first-order valence-electron chi connectivity index (χ1n) is 10.4. The molecule has 6 unspecified atom stereocenters. The predicted molar refractivity (Wildman–Crippen MR) is 118 cm³/mol. The molecule has 0 radical (unpaired) electrons. The van der Waals surface area contributed by atoms with E-state index in [4.69, 9.17) is 17.2 Å². The lowest BCUT2D eigenvalue weighted by molar-refractivity contribution is -0.143. The van der Waals surface area contributed by atoms with Crippen LogP contribution >= 0.6 is 0 Å². The van der Waals surface area contributed by atoms with Crippen LogP contribution in [0.4, 0.5) is 0 Å². The average Bonchev–Trinajstić information content (AvgIpc) is 2.70. The van der Waals surface area contributed by atoms with Crippen molar-refractivity contribution in [2.24, 2.45) is 28.1 Å². The van der Waals surface area contributed by atoms with Gasteiger partial charge in [-0.15, -0.1) is 0 Å². The zero-order valence-corrected chi connectivity index (χ0v) is 19.0. The summed E-state index contributed by atoms with van der Waals surface area (Å²) in [6.45, 7) is 6.47. The number of nitrogens with two attached hydrogens (primary N) is 3. The van der Waals surface area contributed by atoms with Gasteiger partial charge in [0.1, 0.15) is 18.1 Å². The van der Waals surface area contributed by atoms with Gasteiger partial charge in [-0.3, -0.25) is 19.4 Å². The largest absolute Gasteiger partial charge is 0.480 e. The fourth-order valence-electron chi connectivity index (χ4n) is 2.66. The highest BCUT2D eigenvalue weighted by atomic mass is 16.4. The van der Waals surface area contributed by atoms with Crippen LogP contribution in [0.25, 0.3) is 0 Å². The number of aliphatic imine (C=N–C) groups is 1. The first kappa shape index (κ1) is 29.1. The summed E-state index contributed by atoms with van der Waals surface area (Å²) < 4.78 is 0. The van der Waals surface area contributed by atoms with Crippen molar-refractivity contribution in [3.8, 4) is 0 Å². The molecule has 32 heavy (non-hydrogen) atoms. The lowest BCUT2D eigenvalue weighted by Gasteiger charge is -2.28. The highest BCUT2D eigenvalue weighted by Crippen LogP contribution is 2.10. The van der Waals surface area contributed by atoms with Crippen LogP contribution in [0.2, 0.25) is 0 Å². The molecule has 0 heterocycles. The first-order chi connectivity index (χ1) is 14.8. The Labute approximate surface area is 187 Å². The van der Waals surface area contributed by atoms with Crippen LogP contribution in [-0.2, 0) is 19.2 Å². The van der Waals surface area contributed by atoms with E-state index in [1.807, 2.05) is 6.92 Å². The molecule has 0 aliphatic heterocycles. The molecule has 0 bridgehead atoms. The maximum absolute atomic E-state index is 12.8. The van der Waals surface area contributed by atoms with Gasteiger partial charge in [0.25, 0.3) is 0 Å². The van der Waals surface area contributed by atoms with Gasteiger partial charge in [0.15, 0.2) is 5.96 Å². The number of guanidine groups is 1. The molecule has 0 saturated heterocycles. The lowest BCUT2D eigenvalue weighted by Crippen LogP contribution is -2.60. The summed E-state index contributed by atoms with van der Waals surface area (Å²) >= 11 is 0. The highest BCUT2D eigenvalue weighted by molar-refractivity contribution is 5.94. The van der Waals surface area contributed by atoms with Gasteiger partial charge in [-0.05, 0) is 32.6 Å². The maximum Gasteiger partial charge on any atom is 0.326 e. The molecule has 0 fully saturated rings. The number of carbonyl (C=O) groups is 4.